The molecular weight excluding hydrogens is 380 g/mol. The van der Waals surface area contributed by atoms with E-state index >= 15 is 0 Å². The van der Waals surface area contributed by atoms with Gasteiger partial charge >= 0.3 is 5.97 Å². The van der Waals surface area contributed by atoms with Gasteiger partial charge in [-0.05, 0) is 44.0 Å². The normalized spacial score (nSPS) is 11.3. The van der Waals surface area contributed by atoms with Gasteiger partial charge in [0.25, 0.3) is 5.91 Å². The van der Waals surface area contributed by atoms with Gasteiger partial charge < -0.3 is 10.1 Å². The first-order valence-electron chi connectivity index (χ1n) is 8.81. The van der Waals surface area contributed by atoms with Gasteiger partial charge in [0.1, 0.15) is 6.54 Å². The Labute approximate surface area is 165 Å². The van der Waals surface area contributed by atoms with Crippen molar-refractivity contribution in [2.45, 2.75) is 38.3 Å². The lowest BCUT2D eigenvalue weighted by Crippen LogP contribution is -2.32. The summed E-state index contributed by atoms with van der Waals surface area (Å²) >= 11 is 0. The number of sulfonamides is 1. The van der Waals surface area contributed by atoms with Crippen LogP contribution in [0.2, 0.25) is 0 Å². The SMILES string of the molecule is Cc1ccc(S(=O)(=O)NCc2ccccc2)cc1C(=O)NCC(=O)OC(C)C. The molecule has 0 aliphatic rings. The van der Waals surface area contributed by atoms with Crippen LogP contribution in [0, 0.1) is 6.92 Å². The van der Waals surface area contributed by atoms with E-state index in [2.05, 4.69) is 10.0 Å². The molecule has 0 heterocycles. The molecule has 2 aromatic carbocycles. The fourth-order valence-electron chi connectivity index (χ4n) is 2.42. The molecule has 0 radical (unpaired) electrons. The second-order valence-electron chi connectivity index (χ2n) is 6.51. The van der Waals surface area contributed by atoms with Crippen LogP contribution in [0.5, 0.6) is 0 Å². The highest BCUT2D eigenvalue weighted by Gasteiger charge is 2.18. The van der Waals surface area contributed by atoms with E-state index in [0.29, 0.717) is 5.56 Å². The van der Waals surface area contributed by atoms with Crippen LogP contribution in [0.15, 0.2) is 53.4 Å². The van der Waals surface area contributed by atoms with E-state index in [4.69, 9.17) is 4.74 Å². The van der Waals surface area contributed by atoms with Crippen LogP contribution in [-0.4, -0.2) is 32.9 Å². The van der Waals surface area contributed by atoms with Gasteiger partial charge in [0.05, 0.1) is 11.0 Å². The summed E-state index contributed by atoms with van der Waals surface area (Å²) in [5, 5.41) is 2.45. The van der Waals surface area contributed by atoms with E-state index in [1.807, 2.05) is 30.3 Å². The standard InChI is InChI=1S/C20H24N2O5S/c1-14(2)27-19(23)13-21-20(24)18-11-17(10-9-15(18)3)28(25,26)22-12-16-7-5-4-6-8-16/h4-11,14,22H,12-13H2,1-3H3,(H,21,24). The lowest BCUT2D eigenvalue weighted by Gasteiger charge is -2.12. The number of esters is 1. The Bertz CT molecular complexity index is 940. The molecule has 0 saturated carbocycles. The molecular formula is C20H24N2O5S. The molecule has 0 spiro atoms. The highest BCUT2D eigenvalue weighted by molar-refractivity contribution is 7.89. The third-order valence-electron chi connectivity index (χ3n) is 3.83. The average Bonchev–Trinajstić information content (AvgIpc) is 2.65. The summed E-state index contributed by atoms with van der Waals surface area (Å²) in [6.07, 6.45) is -0.282. The zero-order valence-electron chi connectivity index (χ0n) is 16.1. The molecule has 2 aromatic rings. The van der Waals surface area contributed by atoms with Crippen LogP contribution in [0.25, 0.3) is 0 Å². The Hall–Kier alpha value is -2.71. The van der Waals surface area contributed by atoms with Crippen molar-refractivity contribution >= 4 is 21.9 Å². The van der Waals surface area contributed by atoms with Crippen LogP contribution in [0.1, 0.15) is 35.3 Å². The van der Waals surface area contributed by atoms with Crippen LogP contribution < -0.4 is 10.0 Å². The Morgan fingerprint density at radius 2 is 1.75 bits per heavy atom. The van der Waals surface area contributed by atoms with Crippen LogP contribution in [0.3, 0.4) is 0 Å². The number of carbonyl (C=O) groups is 2. The number of hydrogen-bond donors (Lipinski definition) is 2. The van der Waals surface area contributed by atoms with Crippen LogP contribution >= 0.6 is 0 Å². The van der Waals surface area contributed by atoms with Crippen molar-refractivity contribution in [2.75, 3.05) is 6.54 Å². The molecule has 150 valence electrons. The maximum absolute atomic E-state index is 12.6. The maximum Gasteiger partial charge on any atom is 0.325 e. The number of carbonyl (C=O) groups excluding carboxylic acids is 2. The molecule has 0 aromatic heterocycles. The number of hydrogen-bond acceptors (Lipinski definition) is 5. The van der Waals surface area contributed by atoms with Gasteiger partial charge in [0, 0.05) is 12.1 Å². The van der Waals surface area contributed by atoms with Gasteiger partial charge in [-0.25, -0.2) is 13.1 Å². The number of amides is 1. The quantitative estimate of drug-likeness (QED) is 0.657. The van der Waals surface area contributed by atoms with Crippen molar-refractivity contribution in [1.29, 1.82) is 0 Å². The molecule has 0 aliphatic carbocycles. The van der Waals surface area contributed by atoms with Gasteiger partial charge in [0.2, 0.25) is 10.0 Å². The molecule has 1 amide bonds. The van der Waals surface area contributed by atoms with Crippen molar-refractivity contribution in [1.82, 2.24) is 10.0 Å². The fourth-order valence-corrected chi connectivity index (χ4v) is 3.47. The molecule has 2 N–H and O–H groups in total. The first kappa shape index (κ1) is 21.6. The lowest BCUT2D eigenvalue weighted by molar-refractivity contribution is -0.146. The molecule has 0 atom stereocenters. The number of rotatable bonds is 8. The summed E-state index contributed by atoms with van der Waals surface area (Å²) in [6, 6.07) is 13.4. The third-order valence-corrected chi connectivity index (χ3v) is 5.23. The largest absolute Gasteiger partial charge is 0.462 e. The molecule has 0 fully saturated rings. The van der Waals surface area contributed by atoms with E-state index < -0.39 is 21.9 Å². The molecule has 0 aliphatic heterocycles. The Morgan fingerprint density at radius 3 is 2.39 bits per heavy atom. The third kappa shape index (κ3) is 6.17. The number of nitrogens with one attached hydrogen (secondary N) is 2. The smallest absolute Gasteiger partial charge is 0.325 e. The highest BCUT2D eigenvalue weighted by Crippen LogP contribution is 2.16. The number of ether oxygens (including phenoxy) is 1. The van der Waals surface area contributed by atoms with E-state index in [0.717, 1.165) is 5.56 Å². The predicted octanol–water partition coefficient (Wildman–Crippen LogP) is 2.15. The summed E-state index contributed by atoms with van der Waals surface area (Å²) in [5.74, 6) is -1.10. The second-order valence-corrected chi connectivity index (χ2v) is 8.28. The molecule has 7 nitrogen and oxygen atoms in total. The van der Waals surface area contributed by atoms with Gasteiger partial charge in [-0.3, -0.25) is 9.59 Å². The molecule has 0 saturated heterocycles. The van der Waals surface area contributed by atoms with Gasteiger partial charge in [-0.2, -0.15) is 0 Å². The Morgan fingerprint density at radius 1 is 1.07 bits per heavy atom. The summed E-state index contributed by atoms with van der Waals surface area (Å²) in [4.78, 5) is 23.9. The summed E-state index contributed by atoms with van der Waals surface area (Å²) in [6.45, 7) is 4.95. The Balaban J connectivity index is 2.10. The van der Waals surface area contributed by atoms with Crippen molar-refractivity contribution in [2.24, 2.45) is 0 Å². The molecule has 8 heteroatoms. The maximum atomic E-state index is 12.6. The first-order valence-corrected chi connectivity index (χ1v) is 10.3. The fraction of sp³-hybridized carbons (Fsp3) is 0.300. The average molecular weight is 404 g/mol. The van der Waals surface area contributed by atoms with Crippen molar-refractivity contribution < 1.29 is 22.7 Å². The number of aryl methyl sites for hydroxylation is 1. The molecule has 0 unspecified atom stereocenters. The van der Waals surface area contributed by atoms with Crippen LogP contribution in [-0.2, 0) is 26.1 Å². The van der Waals surface area contributed by atoms with E-state index in [1.165, 1.54) is 12.1 Å². The molecule has 2 rings (SSSR count). The monoisotopic (exact) mass is 404 g/mol. The van der Waals surface area contributed by atoms with Crippen LogP contribution in [0.4, 0.5) is 0 Å². The summed E-state index contributed by atoms with van der Waals surface area (Å²) < 4.78 is 32.6. The topological polar surface area (TPSA) is 102 Å². The minimum atomic E-state index is -3.80. The predicted molar refractivity (Wildman–Crippen MR) is 105 cm³/mol. The van der Waals surface area contributed by atoms with Crippen molar-refractivity contribution in [3.05, 3.63) is 65.2 Å². The minimum Gasteiger partial charge on any atom is -0.462 e. The number of benzene rings is 2. The van der Waals surface area contributed by atoms with Crippen molar-refractivity contribution in [3.63, 3.8) is 0 Å². The minimum absolute atomic E-state index is 0.0241. The zero-order valence-corrected chi connectivity index (χ0v) is 16.9. The zero-order chi connectivity index (χ0) is 20.7. The van der Waals surface area contributed by atoms with Crippen molar-refractivity contribution in [3.8, 4) is 0 Å². The van der Waals surface area contributed by atoms with E-state index in [1.54, 1.807) is 26.8 Å². The lowest BCUT2D eigenvalue weighted by atomic mass is 10.1. The summed E-state index contributed by atoms with van der Waals surface area (Å²) in [5.41, 5.74) is 1.59. The highest BCUT2D eigenvalue weighted by atomic mass is 32.2. The Kier molecular flexibility index (Phi) is 7.31. The molecule has 0 bridgehead atoms. The summed E-state index contributed by atoms with van der Waals surface area (Å²) in [7, 11) is -3.80. The van der Waals surface area contributed by atoms with Gasteiger partial charge in [-0.1, -0.05) is 36.4 Å². The first-order chi connectivity index (χ1) is 13.2. The second kappa shape index (κ2) is 9.48. The van der Waals surface area contributed by atoms with Gasteiger partial charge in [0.15, 0.2) is 0 Å². The molecule has 28 heavy (non-hydrogen) atoms. The van der Waals surface area contributed by atoms with E-state index in [-0.39, 0.29) is 29.7 Å². The van der Waals surface area contributed by atoms with Gasteiger partial charge in [-0.15, -0.1) is 0 Å². The van der Waals surface area contributed by atoms with E-state index in [9.17, 15) is 18.0 Å².